The van der Waals surface area contributed by atoms with Crippen LogP contribution in [-0.2, 0) is 0 Å². The molecule has 17 heavy (non-hydrogen) atoms. The van der Waals surface area contributed by atoms with Gasteiger partial charge < -0.3 is 9.15 Å². The normalized spacial score (nSPS) is 10.6. The van der Waals surface area contributed by atoms with E-state index in [0.717, 1.165) is 23.6 Å². The molecule has 0 N–H and O–H groups in total. The zero-order valence-electron chi connectivity index (χ0n) is 9.32. The number of alkyl halides is 1. The van der Waals surface area contributed by atoms with Crippen molar-refractivity contribution < 1.29 is 9.15 Å². The summed E-state index contributed by atoms with van der Waals surface area (Å²) >= 11 is 3.37. The number of halogens is 1. The Morgan fingerprint density at radius 3 is 2.88 bits per heavy atom. The Labute approximate surface area is 108 Å². The van der Waals surface area contributed by atoms with Gasteiger partial charge in [0.05, 0.1) is 18.1 Å². The van der Waals surface area contributed by atoms with Crippen LogP contribution in [0.4, 0.5) is 0 Å². The van der Waals surface area contributed by atoms with Gasteiger partial charge in [-0.25, -0.2) is 4.79 Å². The van der Waals surface area contributed by atoms with Crippen LogP contribution in [0.3, 0.4) is 0 Å². The molecule has 0 saturated heterocycles. The molecule has 3 nitrogen and oxygen atoms in total. The van der Waals surface area contributed by atoms with Gasteiger partial charge >= 0.3 is 5.63 Å². The minimum Gasteiger partial charge on any atom is -0.493 e. The third-order valence-electron chi connectivity index (χ3n) is 2.40. The van der Waals surface area contributed by atoms with E-state index in [1.807, 2.05) is 18.2 Å². The van der Waals surface area contributed by atoms with Crippen molar-refractivity contribution in [3.05, 3.63) is 40.8 Å². The Hall–Kier alpha value is -1.29. The fraction of sp³-hybridized carbons (Fsp3) is 0.308. The third-order valence-corrected chi connectivity index (χ3v) is 2.96. The second-order valence-corrected chi connectivity index (χ2v) is 4.46. The summed E-state index contributed by atoms with van der Waals surface area (Å²) < 4.78 is 10.7. The number of hydrogen-bond acceptors (Lipinski definition) is 3. The minimum absolute atomic E-state index is 0.376. The van der Waals surface area contributed by atoms with Gasteiger partial charge in [-0.1, -0.05) is 28.1 Å². The van der Waals surface area contributed by atoms with Gasteiger partial charge in [-0.3, -0.25) is 0 Å². The van der Waals surface area contributed by atoms with Crippen LogP contribution in [0.1, 0.15) is 12.8 Å². The minimum atomic E-state index is -0.376. The summed E-state index contributed by atoms with van der Waals surface area (Å²) in [6.45, 7) is 0.610. The number of fused-ring (bicyclic) bond motifs is 1. The highest BCUT2D eigenvalue weighted by Crippen LogP contribution is 2.23. The third kappa shape index (κ3) is 3.09. The molecule has 2 rings (SSSR count). The van der Waals surface area contributed by atoms with Crippen LogP contribution in [-0.4, -0.2) is 11.9 Å². The van der Waals surface area contributed by atoms with E-state index in [1.54, 1.807) is 6.07 Å². The Kier molecular flexibility index (Phi) is 4.20. The standard InChI is InChI=1S/C13H13BrO3/c14-7-3-4-8-16-12-9-13(15)17-11-6-2-1-5-10(11)12/h1-2,5-6,9H,3-4,7-8H2. The molecule has 1 heterocycles. The van der Waals surface area contributed by atoms with Crippen LogP contribution >= 0.6 is 15.9 Å². The Balaban J connectivity index is 2.23. The van der Waals surface area contributed by atoms with Crippen LogP contribution in [0.15, 0.2) is 39.5 Å². The van der Waals surface area contributed by atoms with E-state index >= 15 is 0 Å². The first-order chi connectivity index (χ1) is 8.31. The zero-order chi connectivity index (χ0) is 12.1. The average molecular weight is 297 g/mol. The highest BCUT2D eigenvalue weighted by molar-refractivity contribution is 9.09. The van der Waals surface area contributed by atoms with Gasteiger partial charge in [0.1, 0.15) is 11.3 Å². The van der Waals surface area contributed by atoms with Crippen molar-refractivity contribution in [1.29, 1.82) is 0 Å². The Morgan fingerprint density at radius 2 is 2.06 bits per heavy atom. The van der Waals surface area contributed by atoms with E-state index in [1.165, 1.54) is 6.07 Å². The maximum absolute atomic E-state index is 11.3. The van der Waals surface area contributed by atoms with Gasteiger partial charge in [0.15, 0.2) is 0 Å². The molecule has 0 bridgehead atoms. The zero-order valence-corrected chi connectivity index (χ0v) is 10.9. The molecule has 0 fully saturated rings. The van der Waals surface area contributed by atoms with Gasteiger partial charge in [0, 0.05) is 5.33 Å². The second-order valence-electron chi connectivity index (χ2n) is 3.67. The molecule has 0 aliphatic heterocycles. The van der Waals surface area contributed by atoms with Gasteiger partial charge in [0.2, 0.25) is 0 Å². The van der Waals surface area contributed by atoms with Crippen molar-refractivity contribution in [2.24, 2.45) is 0 Å². The number of para-hydroxylation sites is 1. The Morgan fingerprint density at radius 1 is 1.24 bits per heavy atom. The second kappa shape index (κ2) is 5.87. The van der Waals surface area contributed by atoms with E-state index in [0.29, 0.717) is 17.9 Å². The maximum Gasteiger partial charge on any atom is 0.339 e. The predicted molar refractivity (Wildman–Crippen MR) is 71.0 cm³/mol. The molecular weight excluding hydrogens is 284 g/mol. The first kappa shape index (κ1) is 12.2. The van der Waals surface area contributed by atoms with Crippen LogP contribution in [0, 0.1) is 0 Å². The van der Waals surface area contributed by atoms with Crippen molar-refractivity contribution in [1.82, 2.24) is 0 Å². The summed E-state index contributed by atoms with van der Waals surface area (Å²) in [4.78, 5) is 11.3. The molecule has 4 heteroatoms. The molecule has 2 aromatic rings. The molecule has 0 saturated carbocycles. The molecule has 0 radical (unpaired) electrons. The lowest BCUT2D eigenvalue weighted by atomic mass is 10.2. The van der Waals surface area contributed by atoms with E-state index < -0.39 is 0 Å². The quantitative estimate of drug-likeness (QED) is 0.482. The largest absolute Gasteiger partial charge is 0.493 e. The number of ether oxygens (including phenoxy) is 1. The van der Waals surface area contributed by atoms with Gasteiger partial charge in [0.25, 0.3) is 0 Å². The summed E-state index contributed by atoms with van der Waals surface area (Å²) in [6, 6.07) is 8.78. The van der Waals surface area contributed by atoms with Gasteiger partial charge in [-0.15, -0.1) is 0 Å². The fourth-order valence-corrected chi connectivity index (χ4v) is 1.98. The first-order valence-corrected chi connectivity index (χ1v) is 6.65. The molecule has 0 aliphatic carbocycles. The summed E-state index contributed by atoms with van der Waals surface area (Å²) in [5.74, 6) is 0.603. The monoisotopic (exact) mass is 296 g/mol. The molecule has 0 spiro atoms. The van der Waals surface area contributed by atoms with Crippen molar-refractivity contribution in [3.8, 4) is 5.75 Å². The average Bonchev–Trinajstić information content (AvgIpc) is 2.34. The predicted octanol–water partition coefficient (Wildman–Crippen LogP) is 3.35. The van der Waals surface area contributed by atoms with Gasteiger partial charge in [-0.2, -0.15) is 0 Å². The van der Waals surface area contributed by atoms with E-state index in [2.05, 4.69) is 15.9 Å². The SMILES string of the molecule is O=c1cc(OCCCCBr)c2ccccc2o1. The number of rotatable bonds is 5. The smallest absolute Gasteiger partial charge is 0.339 e. The van der Waals surface area contributed by atoms with Gasteiger partial charge in [-0.05, 0) is 25.0 Å². The number of hydrogen-bond donors (Lipinski definition) is 0. The van der Waals surface area contributed by atoms with Crippen LogP contribution in [0.5, 0.6) is 5.75 Å². The van der Waals surface area contributed by atoms with E-state index in [9.17, 15) is 4.79 Å². The maximum atomic E-state index is 11.3. The molecule has 0 unspecified atom stereocenters. The summed E-state index contributed by atoms with van der Waals surface area (Å²) in [5, 5.41) is 1.81. The summed E-state index contributed by atoms with van der Waals surface area (Å²) in [5.41, 5.74) is 0.190. The van der Waals surface area contributed by atoms with E-state index in [4.69, 9.17) is 9.15 Å². The molecule has 0 aliphatic rings. The van der Waals surface area contributed by atoms with Crippen LogP contribution in [0.2, 0.25) is 0 Å². The summed E-state index contributed by atoms with van der Waals surface area (Å²) in [7, 11) is 0. The molecule has 0 amide bonds. The number of unbranched alkanes of at least 4 members (excludes halogenated alkanes) is 1. The molecule has 0 atom stereocenters. The highest BCUT2D eigenvalue weighted by Gasteiger charge is 2.05. The number of benzene rings is 1. The van der Waals surface area contributed by atoms with Crippen molar-refractivity contribution in [2.45, 2.75) is 12.8 Å². The van der Waals surface area contributed by atoms with Crippen LogP contribution < -0.4 is 10.4 Å². The summed E-state index contributed by atoms with van der Waals surface area (Å²) in [6.07, 6.45) is 2.01. The van der Waals surface area contributed by atoms with E-state index in [-0.39, 0.29) is 5.63 Å². The Bertz CT molecular complexity index is 548. The van der Waals surface area contributed by atoms with Crippen molar-refractivity contribution >= 4 is 26.9 Å². The molecule has 1 aromatic carbocycles. The first-order valence-electron chi connectivity index (χ1n) is 5.53. The lowest BCUT2D eigenvalue weighted by Crippen LogP contribution is -2.03. The lowest BCUT2D eigenvalue weighted by molar-refractivity contribution is 0.311. The molecular formula is C13H13BrO3. The molecule has 1 aromatic heterocycles. The fourth-order valence-electron chi connectivity index (χ4n) is 1.58. The van der Waals surface area contributed by atoms with Crippen LogP contribution in [0.25, 0.3) is 11.0 Å². The van der Waals surface area contributed by atoms with Crippen molar-refractivity contribution in [2.75, 3.05) is 11.9 Å². The lowest BCUT2D eigenvalue weighted by Gasteiger charge is -2.07. The topological polar surface area (TPSA) is 39.4 Å². The highest BCUT2D eigenvalue weighted by atomic mass is 79.9. The van der Waals surface area contributed by atoms with Crippen molar-refractivity contribution in [3.63, 3.8) is 0 Å². The molecule has 90 valence electrons.